The summed E-state index contributed by atoms with van der Waals surface area (Å²) in [5, 5.41) is 9.20. The number of hydrogen-bond donors (Lipinski definition) is 0. The van der Waals surface area contributed by atoms with E-state index >= 15 is 0 Å². The smallest absolute Gasteiger partial charge is 0.251 e. The van der Waals surface area contributed by atoms with Crippen LogP contribution in [0.1, 0.15) is 26.7 Å². The molecule has 5 heteroatoms. The molecule has 0 aromatic carbocycles. The van der Waals surface area contributed by atoms with Crippen molar-refractivity contribution >= 4 is 5.91 Å². The Kier molecular flexibility index (Phi) is 4.78. The van der Waals surface area contributed by atoms with E-state index in [4.69, 9.17) is 4.74 Å². The molecule has 2 rings (SSSR count). The van der Waals surface area contributed by atoms with Gasteiger partial charge in [0.25, 0.3) is 5.91 Å². The second-order valence-corrected chi connectivity index (χ2v) is 5.68. The largest absolute Gasteiger partial charge is 0.368 e. The first-order valence-corrected chi connectivity index (χ1v) is 7.17. The zero-order valence-corrected chi connectivity index (χ0v) is 11.8. The number of nitriles is 1. The standard InChI is InChI=1S/C14H23N3O2/c1-11(2)12(10-15)16-5-7-17(8-6-16)14(18)13-4-3-9-19-13/h11-13H,3-9H2,1-2H3. The molecule has 0 aliphatic carbocycles. The van der Waals surface area contributed by atoms with E-state index in [-0.39, 0.29) is 18.1 Å². The van der Waals surface area contributed by atoms with Gasteiger partial charge in [0.15, 0.2) is 0 Å². The predicted molar refractivity (Wildman–Crippen MR) is 71.4 cm³/mol. The minimum atomic E-state index is -0.219. The normalized spacial score (nSPS) is 26.4. The molecular formula is C14H23N3O2. The molecule has 2 heterocycles. The van der Waals surface area contributed by atoms with Crippen LogP contribution in [0.5, 0.6) is 0 Å². The molecule has 0 aromatic heterocycles. The third kappa shape index (κ3) is 3.26. The predicted octanol–water partition coefficient (Wildman–Crippen LogP) is 0.858. The van der Waals surface area contributed by atoms with Crippen LogP contribution in [0.3, 0.4) is 0 Å². The van der Waals surface area contributed by atoms with Gasteiger partial charge < -0.3 is 9.64 Å². The Bertz CT molecular complexity index is 350. The lowest BCUT2D eigenvalue weighted by atomic mass is 10.0. The number of piperazine rings is 1. The third-order valence-corrected chi connectivity index (χ3v) is 3.99. The second-order valence-electron chi connectivity index (χ2n) is 5.68. The summed E-state index contributed by atoms with van der Waals surface area (Å²) in [7, 11) is 0. The Hall–Kier alpha value is -1.12. The Morgan fingerprint density at radius 1 is 1.32 bits per heavy atom. The maximum Gasteiger partial charge on any atom is 0.251 e. The average molecular weight is 265 g/mol. The van der Waals surface area contributed by atoms with Gasteiger partial charge in [0.2, 0.25) is 0 Å². The quantitative estimate of drug-likeness (QED) is 0.759. The van der Waals surface area contributed by atoms with Gasteiger partial charge in [-0.2, -0.15) is 5.26 Å². The highest BCUT2D eigenvalue weighted by atomic mass is 16.5. The van der Waals surface area contributed by atoms with Crippen LogP contribution >= 0.6 is 0 Å². The molecule has 2 saturated heterocycles. The van der Waals surface area contributed by atoms with Crippen molar-refractivity contribution in [1.29, 1.82) is 5.26 Å². The molecule has 0 spiro atoms. The van der Waals surface area contributed by atoms with E-state index in [1.165, 1.54) is 0 Å². The Labute approximate surface area is 115 Å². The Balaban J connectivity index is 1.85. The van der Waals surface area contributed by atoms with Crippen molar-refractivity contribution in [2.75, 3.05) is 32.8 Å². The van der Waals surface area contributed by atoms with Crippen molar-refractivity contribution in [3.63, 3.8) is 0 Å². The lowest BCUT2D eigenvalue weighted by Crippen LogP contribution is -2.54. The molecule has 2 fully saturated rings. The molecular weight excluding hydrogens is 242 g/mol. The van der Waals surface area contributed by atoms with Crippen molar-refractivity contribution in [3.8, 4) is 6.07 Å². The number of ether oxygens (including phenoxy) is 1. The van der Waals surface area contributed by atoms with E-state index in [0.717, 1.165) is 25.9 Å². The van der Waals surface area contributed by atoms with E-state index in [0.29, 0.717) is 25.6 Å². The molecule has 1 amide bonds. The molecule has 106 valence electrons. The van der Waals surface area contributed by atoms with Gasteiger partial charge in [-0.1, -0.05) is 13.8 Å². The van der Waals surface area contributed by atoms with Gasteiger partial charge in [0.1, 0.15) is 12.1 Å². The molecule has 0 N–H and O–H groups in total. The molecule has 2 atom stereocenters. The number of amides is 1. The van der Waals surface area contributed by atoms with Crippen molar-refractivity contribution in [3.05, 3.63) is 0 Å². The van der Waals surface area contributed by atoms with Gasteiger partial charge in [0.05, 0.1) is 6.07 Å². The average Bonchev–Trinajstić information content (AvgIpc) is 2.93. The van der Waals surface area contributed by atoms with Crippen LogP contribution in [-0.4, -0.2) is 60.6 Å². The lowest BCUT2D eigenvalue weighted by molar-refractivity contribution is -0.143. The van der Waals surface area contributed by atoms with Gasteiger partial charge in [-0.15, -0.1) is 0 Å². The molecule has 2 unspecified atom stereocenters. The number of nitrogens with zero attached hydrogens (tertiary/aromatic N) is 3. The summed E-state index contributed by atoms with van der Waals surface area (Å²) in [6, 6.07) is 2.33. The zero-order valence-electron chi connectivity index (χ0n) is 11.8. The fourth-order valence-electron chi connectivity index (χ4n) is 2.85. The fraction of sp³-hybridized carbons (Fsp3) is 0.857. The van der Waals surface area contributed by atoms with Gasteiger partial charge >= 0.3 is 0 Å². The van der Waals surface area contributed by atoms with Crippen LogP contribution in [0.2, 0.25) is 0 Å². The van der Waals surface area contributed by atoms with E-state index < -0.39 is 0 Å². The van der Waals surface area contributed by atoms with E-state index in [1.54, 1.807) is 0 Å². The van der Waals surface area contributed by atoms with E-state index in [1.807, 2.05) is 4.90 Å². The molecule has 5 nitrogen and oxygen atoms in total. The number of hydrogen-bond acceptors (Lipinski definition) is 4. The molecule has 0 aromatic rings. The lowest BCUT2D eigenvalue weighted by Gasteiger charge is -2.38. The highest BCUT2D eigenvalue weighted by Crippen LogP contribution is 2.18. The SMILES string of the molecule is CC(C)C(C#N)N1CCN(C(=O)C2CCCO2)CC1. The first kappa shape index (κ1) is 14.3. The Morgan fingerprint density at radius 3 is 2.47 bits per heavy atom. The summed E-state index contributed by atoms with van der Waals surface area (Å²) < 4.78 is 5.44. The van der Waals surface area contributed by atoms with Crippen LogP contribution in [0.4, 0.5) is 0 Å². The molecule has 0 saturated carbocycles. The van der Waals surface area contributed by atoms with Crippen LogP contribution in [0.25, 0.3) is 0 Å². The zero-order chi connectivity index (χ0) is 13.8. The van der Waals surface area contributed by atoms with Crippen LogP contribution in [-0.2, 0) is 9.53 Å². The molecule has 19 heavy (non-hydrogen) atoms. The molecule has 2 aliphatic rings. The monoisotopic (exact) mass is 265 g/mol. The first-order valence-electron chi connectivity index (χ1n) is 7.17. The summed E-state index contributed by atoms with van der Waals surface area (Å²) >= 11 is 0. The highest BCUT2D eigenvalue weighted by Gasteiger charge is 2.32. The van der Waals surface area contributed by atoms with Crippen LogP contribution < -0.4 is 0 Å². The summed E-state index contributed by atoms with van der Waals surface area (Å²) in [5.41, 5.74) is 0. The summed E-state index contributed by atoms with van der Waals surface area (Å²) in [5.74, 6) is 0.459. The summed E-state index contributed by atoms with van der Waals surface area (Å²) in [4.78, 5) is 16.3. The molecule has 0 radical (unpaired) electrons. The maximum absolute atomic E-state index is 12.2. The van der Waals surface area contributed by atoms with Crippen LogP contribution in [0.15, 0.2) is 0 Å². The topological polar surface area (TPSA) is 56.6 Å². The molecule has 0 bridgehead atoms. The third-order valence-electron chi connectivity index (χ3n) is 3.99. The fourth-order valence-corrected chi connectivity index (χ4v) is 2.85. The van der Waals surface area contributed by atoms with Crippen molar-refractivity contribution in [1.82, 2.24) is 9.80 Å². The van der Waals surface area contributed by atoms with Gasteiger partial charge in [-0.25, -0.2) is 0 Å². The van der Waals surface area contributed by atoms with Crippen LogP contribution in [0, 0.1) is 17.2 Å². The van der Waals surface area contributed by atoms with Crippen molar-refractivity contribution in [2.24, 2.45) is 5.92 Å². The van der Waals surface area contributed by atoms with Crippen molar-refractivity contribution in [2.45, 2.75) is 38.8 Å². The van der Waals surface area contributed by atoms with E-state index in [2.05, 4.69) is 24.8 Å². The van der Waals surface area contributed by atoms with Gasteiger partial charge in [-0.3, -0.25) is 9.69 Å². The van der Waals surface area contributed by atoms with E-state index in [9.17, 15) is 10.1 Å². The maximum atomic E-state index is 12.2. The summed E-state index contributed by atoms with van der Waals surface area (Å²) in [6.07, 6.45) is 1.62. The van der Waals surface area contributed by atoms with Gasteiger partial charge in [0, 0.05) is 32.8 Å². The number of carbonyl (C=O) groups excluding carboxylic acids is 1. The number of carbonyl (C=O) groups is 1. The van der Waals surface area contributed by atoms with Gasteiger partial charge in [-0.05, 0) is 18.8 Å². The Morgan fingerprint density at radius 2 is 2.00 bits per heavy atom. The second kappa shape index (κ2) is 6.36. The molecule has 2 aliphatic heterocycles. The minimum Gasteiger partial charge on any atom is -0.368 e. The number of rotatable bonds is 3. The minimum absolute atomic E-state index is 0.0417. The first-order chi connectivity index (χ1) is 9.13. The highest BCUT2D eigenvalue weighted by molar-refractivity contribution is 5.81. The summed E-state index contributed by atoms with van der Waals surface area (Å²) in [6.45, 7) is 7.84. The van der Waals surface area contributed by atoms with Crippen molar-refractivity contribution < 1.29 is 9.53 Å².